The monoisotopic (exact) mass is 230 g/mol. The van der Waals surface area contributed by atoms with Gasteiger partial charge in [0.1, 0.15) is 0 Å². The van der Waals surface area contributed by atoms with Crippen LogP contribution in [0.2, 0.25) is 0 Å². The van der Waals surface area contributed by atoms with Crippen molar-refractivity contribution in [3.05, 3.63) is 41.5 Å². The van der Waals surface area contributed by atoms with E-state index in [0.717, 1.165) is 18.4 Å². The van der Waals surface area contributed by atoms with Gasteiger partial charge in [-0.1, -0.05) is 29.8 Å². The Morgan fingerprint density at radius 3 is 2.65 bits per heavy atom. The summed E-state index contributed by atoms with van der Waals surface area (Å²) in [5, 5.41) is 0. The molecule has 2 aliphatic rings. The zero-order valence-corrected chi connectivity index (χ0v) is 9.73. The van der Waals surface area contributed by atoms with Crippen LogP contribution in [0.15, 0.2) is 30.3 Å². The Morgan fingerprint density at radius 2 is 2.00 bits per heavy atom. The molecule has 2 heterocycles. The summed E-state index contributed by atoms with van der Waals surface area (Å²) in [5.41, 5.74) is 2.69. The molecular formula is C14H14O3. The first kappa shape index (κ1) is 10.5. The van der Waals surface area contributed by atoms with Gasteiger partial charge in [0.05, 0.1) is 12.2 Å². The summed E-state index contributed by atoms with van der Waals surface area (Å²) in [6.45, 7) is 2.68. The van der Waals surface area contributed by atoms with E-state index in [9.17, 15) is 4.79 Å². The Balaban J connectivity index is 1.97. The van der Waals surface area contributed by atoms with Crippen molar-refractivity contribution < 1.29 is 14.3 Å². The van der Waals surface area contributed by atoms with Gasteiger partial charge in [0.15, 0.2) is 0 Å². The summed E-state index contributed by atoms with van der Waals surface area (Å²) in [6, 6.07) is 7.86. The smallest absolute Gasteiger partial charge is 0.341 e. The molecule has 1 fully saturated rings. The average Bonchev–Trinajstić information content (AvgIpc) is 2.88. The van der Waals surface area contributed by atoms with Crippen molar-refractivity contribution in [2.24, 2.45) is 0 Å². The van der Waals surface area contributed by atoms with Crippen molar-refractivity contribution in [1.82, 2.24) is 0 Å². The minimum Gasteiger partial charge on any atom is -0.426 e. The predicted octanol–water partition coefficient (Wildman–Crippen LogP) is 2.44. The molecule has 0 radical (unpaired) electrons. The van der Waals surface area contributed by atoms with Crippen molar-refractivity contribution in [3.63, 3.8) is 0 Å². The Morgan fingerprint density at radius 1 is 1.24 bits per heavy atom. The number of carbonyl (C=O) groups excluding carboxylic acids is 1. The van der Waals surface area contributed by atoms with Crippen LogP contribution in [0.1, 0.15) is 24.0 Å². The lowest BCUT2D eigenvalue weighted by Gasteiger charge is -2.18. The average molecular weight is 230 g/mol. The van der Waals surface area contributed by atoms with Crippen LogP contribution in [0.3, 0.4) is 0 Å². The molecule has 0 bridgehead atoms. The zero-order chi connectivity index (χ0) is 11.9. The summed E-state index contributed by atoms with van der Waals surface area (Å²) in [6.07, 6.45) is 3.52. The minimum atomic E-state index is -0.780. The van der Waals surface area contributed by atoms with Crippen LogP contribution in [-0.4, -0.2) is 18.4 Å². The van der Waals surface area contributed by atoms with Gasteiger partial charge >= 0.3 is 5.97 Å². The molecule has 0 amide bonds. The minimum absolute atomic E-state index is 0.282. The van der Waals surface area contributed by atoms with E-state index in [0.29, 0.717) is 12.2 Å². The number of rotatable bonds is 1. The summed E-state index contributed by atoms with van der Waals surface area (Å²) >= 11 is 0. The zero-order valence-electron chi connectivity index (χ0n) is 9.73. The van der Waals surface area contributed by atoms with Crippen molar-refractivity contribution in [3.8, 4) is 0 Å². The summed E-state index contributed by atoms with van der Waals surface area (Å²) in [4.78, 5) is 11.9. The van der Waals surface area contributed by atoms with E-state index in [2.05, 4.69) is 0 Å². The Hall–Kier alpha value is -1.61. The highest BCUT2D eigenvalue weighted by Crippen LogP contribution is 2.38. The second kappa shape index (κ2) is 3.70. The van der Waals surface area contributed by atoms with Crippen LogP contribution in [0.25, 0.3) is 5.57 Å². The molecule has 1 aromatic rings. The molecule has 88 valence electrons. The Kier molecular flexibility index (Phi) is 2.30. The van der Waals surface area contributed by atoms with Gasteiger partial charge in [0.25, 0.3) is 0 Å². The highest BCUT2D eigenvalue weighted by atomic mass is 16.7. The normalized spacial score (nSPS) is 27.4. The first-order valence-corrected chi connectivity index (χ1v) is 5.86. The summed E-state index contributed by atoms with van der Waals surface area (Å²) in [7, 11) is 0. The first-order valence-electron chi connectivity index (χ1n) is 5.86. The number of ether oxygens (including phenoxy) is 2. The lowest BCUT2D eigenvalue weighted by molar-refractivity contribution is -0.181. The number of aryl methyl sites for hydroxylation is 1. The molecule has 0 aliphatic carbocycles. The highest BCUT2D eigenvalue weighted by molar-refractivity contribution is 6.18. The van der Waals surface area contributed by atoms with Gasteiger partial charge in [0.2, 0.25) is 5.79 Å². The molecule has 17 heavy (non-hydrogen) atoms. The van der Waals surface area contributed by atoms with E-state index in [4.69, 9.17) is 9.47 Å². The number of esters is 1. The molecule has 3 rings (SSSR count). The van der Waals surface area contributed by atoms with Crippen LogP contribution < -0.4 is 0 Å². The van der Waals surface area contributed by atoms with Gasteiger partial charge in [-0.2, -0.15) is 0 Å². The molecular weight excluding hydrogens is 216 g/mol. The van der Waals surface area contributed by atoms with E-state index < -0.39 is 5.79 Å². The van der Waals surface area contributed by atoms with Crippen molar-refractivity contribution in [2.45, 2.75) is 25.6 Å². The predicted molar refractivity (Wildman–Crippen MR) is 63.2 cm³/mol. The third-order valence-electron chi connectivity index (χ3n) is 3.23. The molecule has 1 spiro atoms. The number of benzene rings is 1. The van der Waals surface area contributed by atoms with E-state index in [1.165, 1.54) is 5.56 Å². The van der Waals surface area contributed by atoms with Gasteiger partial charge in [-0.15, -0.1) is 0 Å². The maximum absolute atomic E-state index is 11.9. The Bertz CT molecular complexity index is 479. The van der Waals surface area contributed by atoms with Gasteiger partial charge < -0.3 is 9.47 Å². The van der Waals surface area contributed by atoms with Crippen molar-refractivity contribution in [2.75, 3.05) is 6.61 Å². The van der Waals surface area contributed by atoms with Crippen molar-refractivity contribution >= 4 is 11.5 Å². The molecule has 3 heteroatoms. The third-order valence-corrected chi connectivity index (χ3v) is 3.23. The fourth-order valence-electron chi connectivity index (χ4n) is 2.28. The van der Waals surface area contributed by atoms with Crippen LogP contribution >= 0.6 is 0 Å². The molecule has 2 aliphatic heterocycles. The topological polar surface area (TPSA) is 35.5 Å². The molecule has 1 saturated heterocycles. The fourth-order valence-corrected chi connectivity index (χ4v) is 2.28. The van der Waals surface area contributed by atoms with Crippen LogP contribution in [0, 0.1) is 6.92 Å². The van der Waals surface area contributed by atoms with Crippen LogP contribution in [0.4, 0.5) is 0 Å². The molecule has 3 nitrogen and oxygen atoms in total. The molecule has 0 aromatic heterocycles. The summed E-state index contributed by atoms with van der Waals surface area (Å²) in [5.74, 6) is -1.06. The van der Waals surface area contributed by atoms with E-state index in [1.807, 2.05) is 37.3 Å². The van der Waals surface area contributed by atoms with Crippen LogP contribution in [-0.2, 0) is 14.3 Å². The molecule has 0 N–H and O–H groups in total. The number of hydrogen-bond donors (Lipinski definition) is 0. The highest BCUT2D eigenvalue weighted by Gasteiger charge is 2.44. The van der Waals surface area contributed by atoms with Gasteiger partial charge in [0, 0.05) is 12.5 Å². The first-order chi connectivity index (χ1) is 8.19. The van der Waals surface area contributed by atoms with Gasteiger partial charge in [-0.3, -0.25) is 0 Å². The quantitative estimate of drug-likeness (QED) is 0.695. The SMILES string of the molecule is Cc1ccc(C2=CC3(CCCO3)OC2=O)cc1. The standard InChI is InChI=1S/C14H14O3/c1-10-3-5-11(6-4-10)12-9-14(17-13(12)15)7-2-8-16-14/h3-6,9H,2,7-8H2,1H3. The van der Waals surface area contributed by atoms with Gasteiger partial charge in [-0.25, -0.2) is 4.79 Å². The van der Waals surface area contributed by atoms with Gasteiger partial charge in [-0.05, 0) is 18.9 Å². The second-order valence-electron chi connectivity index (χ2n) is 4.58. The van der Waals surface area contributed by atoms with Crippen molar-refractivity contribution in [1.29, 1.82) is 0 Å². The summed E-state index contributed by atoms with van der Waals surface area (Å²) < 4.78 is 10.9. The van der Waals surface area contributed by atoms with E-state index in [-0.39, 0.29) is 5.97 Å². The molecule has 1 atom stereocenters. The van der Waals surface area contributed by atoms with Crippen LogP contribution in [0.5, 0.6) is 0 Å². The fraction of sp³-hybridized carbons (Fsp3) is 0.357. The number of carbonyl (C=O) groups is 1. The second-order valence-corrected chi connectivity index (χ2v) is 4.58. The maximum atomic E-state index is 11.9. The Labute approximate surface area is 100 Å². The molecule has 1 unspecified atom stereocenters. The molecule has 0 saturated carbocycles. The lowest BCUT2D eigenvalue weighted by atomic mass is 10.0. The van der Waals surface area contributed by atoms with E-state index >= 15 is 0 Å². The maximum Gasteiger partial charge on any atom is 0.341 e. The lowest BCUT2D eigenvalue weighted by Crippen LogP contribution is -2.26. The van der Waals surface area contributed by atoms with E-state index in [1.54, 1.807) is 0 Å². The largest absolute Gasteiger partial charge is 0.426 e. The third kappa shape index (κ3) is 1.76. The number of hydrogen-bond acceptors (Lipinski definition) is 3. The molecule has 1 aromatic carbocycles.